The predicted molar refractivity (Wildman–Crippen MR) is 63.8 cm³/mol. The van der Waals surface area contributed by atoms with E-state index >= 15 is 0 Å². The van der Waals surface area contributed by atoms with Gasteiger partial charge in [-0.1, -0.05) is 0 Å². The van der Waals surface area contributed by atoms with Crippen LogP contribution in [0.4, 0.5) is 0 Å². The van der Waals surface area contributed by atoms with Crippen LogP contribution in [0.5, 0.6) is 0 Å². The molecule has 2 fully saturated rings. The standard InChI is InChI=1S/C12H22N2O3/c1-10-7-14(5-4-13-10)12(15)9-16-8-11-3-2-6-17-11/h10-11,13H,2-9H2,1H3. The van der Waals surface area contributed by atoms with E-state index in [1.54, 1.807) is 0 Å². The molecule has 98 valence electrons. The van der Waals surface area contributed by atoms with E-state index in [4.69, 9.17) is 9.47 Å². The van der Waals surface area contributed by atoms with Crippen molar-refractivity contribution >= 4 is 5.91 Å². The van der Waals surface area contributed by atoms with E-state index in [2.05, 4.69) is 12.2 Å². The molecule has 0 saturated carbocycles. The largest absolute Gasteiger partial charge is 0.376 e. The van der Waals surface area contributed by atoms with Gasteiger partial charge in [0.05, 0.1) is 12.7 Å². The third kappa shape index (κ3) is 3.94. The van der Waals surface area contributed by atoms with E-state index in [9.17, 15) is 4.79 Å². The Labute approximate surface area is 102 Å². The molecule has 0 spiro atoms. The smallest absolute Gasteiger partial charge is 0.248 e. The minimum Gasteiger partial charge on any atom is -0.376 e. The summed E-state index contributed by atoms with van der Waals surface area (Å²) in [6.45, 7) is 6.09. The average molecular weight is 242 g/mol. The molecule has 5 heteroatoms. The Hall–Kier alpha value is -0.650. The first-order valence-corrected chi connectivity index (χ1v) is 6.46. The van der Waals surface area contributed by atoms with Gasteiger partial charge in [-0.05, 0) is 19.8 Å². The number of piperazine rings is 1. The Morgan fingerprint density at radius 1 is 1.59 bits per heavy atom. The topological polar surface area (TPSA) is 50.8 Å². The number of rotatable bonds is 4. The zero-order valence-electron chi connectivity index (χ0n) is 10.5. The Morgan fingerprint density at radius 2 is 2.47 bits per heavy atom. The Balaban J connectivity index is 1.62. The molecule has 0 aromatic rings. The van der Waals surface area contributed by atoms with Crippen LogP contribution in [0.25, 0.3) is 0 Å². The van der Waals surface area contributed by atoms with Crippen LogP contribution in [0.1, 0.15) is 19.8 Å². The second kappa shape index (κ2) is 6.33. The molecule has 5 nitrogen and oxygen atoms in total. The van der Waals surface area contributed by atoms with Gasteiger partial charge in [0.15, 0.2) is 0 Å². The fourth-order valence-corrected chi connectivity index (χ4v) is 2.30. The fourth-order valence-electron chi connectivity index (χ4n) is 2.30. The number of nitrogens with one attached hydrogen (secondary N) is 1. The van der Waals surface area contributed by atoms with Crippen LogP contribution in [0.3, 0.4) is 0 Å². The minimum atomic E-state index is 0.0938. The average Bonchev–Trinajstić information content (AvgIpc) is 2.82. The van der Waals surface area contributed by atoms with Crippen LogP contribution >= 0.6 is 0 Å². The maximum absolute atomic E-state index is 11.8. The van der Waals surface area contributed by atoms with Gasteiger partial charge in [0.25, 0.3) is 0 Å². The molecule has 2 heterocycles. The highest BCUT2D eigenvalue weighted by Crippen LogP contribution is 2.11. The molecule has 2 aliphatic rings. The summed E-state index contributed by atoms with van der Waals surface area (Å²) in [4.78, 5) is 13.7. The molecule has 1 amide bonds. The van der Waals surface area contributed by atoms with Gasteiger partial charge in [-0.15, -0.1) is 0 Å². The number of carbonyl (C=O) groups is 1. The first kappa shape index (κ1) is 12.8. The Bertz CT molecular complexity index is 254. The molecule has 1 N–H and O–H groups in total. The molecule has 2 saturated heterocycles. The third-order valence-corrected chi connectivity index (χ3v) is 3.27. The summed E-state index contributed by atoms with van der Waals surface area (Å²) in [7, 11) is 0. The summed E-state index contributed by atoms with van der Waals surface area (Å²) in [5.74, 6) is 0.0938. The van der Waals surface area contributed by atoms with Crippen molar-refractivity contribution in [3.63, 3.8) is 0 Å². The second-order valence-corrected chi connectivity index (χ2v) is 4.85. The van der Waals surface area contributed by atoms with Crippen LogP contribution in [0.2, 0.25) is 0 Å². The van der Waals surface area contributed by atoms with Crippen molar-refractivity contribution in [2.45, 2.75) is 31.9 Å². The van der Waals surface area contributed by atoms with E-state index in [1.165, 1.54) is 0 Å². The van der Waals surface area contributed by atoms with Gasteiger partial charge in [-0.2, -0.15) is 0 Å². The van der Waals surface area contributed by atoms with Crippen LogP contribution in [-0.4, -0.2) is 62.4 Å². The second-order valence-electron chi connectivity index (χ2n) is 4.85. The molecular weight excluding hydrogens is 220 g/mol. The van der Waals surface area contributed by atoms with Crippen LogP contribution in [0, 0.1) is 0 Å². The third-order valence-electron chi connectivity index (χ3n) is 3.27. The first-order valence-electron chi connectivity index (χ1n) is 6.46. The summed E-state index contributed by atoms with van der Waals surface area (Å²) in [6.07, 6.45) is 2.36. The molecule has 0 aromatic heterocycles. The van der Waals surface area contributed by atoms with E-state index in [-0.39, 0.29) is 18.6 Å². The van der Waals surface area contributed by atoms with Crippen molar-refractivity contribution in [3.8, 4) is 0 Å². The number of hydrogen-bond donors (Lipinski definition) is 1. The van der Waals surface area contributed by atoms with Crippen LogP contribution < -0.4 is 5.32 Å². The van der Waals surface area contributed by atoms with Crippen LogP contribution in [-0.2, 0) is 14.3 Å². The normalized spacial score (nSPS) is 29.6. The predicted octanol–water partition coefficient (Wildman–Crippen LogP) is 0.00230. The number of carbonyl (C=O) groups excluding carboxylic acids is 1. The zero-order chi connectivity index (χ0) is 12.1. The lowest BCUT2D eigenvalue weighted by molar-refractivity contribution is -0.138. The molecular formula is C12H22N2O3. The Kier molecular flexibility index (Phi) is 4.76. The maximum Gasteiger partial charge on any atom is 0.248 e. The molecule has 17 heavy (non-hydrogen) atoms. The lowest BCUT2D eigenvalue weighted by Crippen LogP contribution is -2.52. The highest BCUT2D eigenvalue weighted by atomic mass is 16.5. The number of amides is 1. The van der Waals surface area contributed by atoms with E-state index < -0.39 is 0 Å². The summed E-state index contributed by atoms with van der Waals surface area (Å²) < 4.78 is 10.9. The van der Waals surface area contributed by atoms with Crippen molar-refractivity contribution in [2.24, 2.45) is 0 Å². The molecule has 0 aliphatic carbocycles. The Morgan fingerprint density at radius 3 is 3.18 bits per heavy atom. The summed E-state index contributed by atoms with van der Waals surface area (Å²) in [5, 5.41) is 3.31. The van der Waals surface area contributed by atoms with Gasteiger partial charge >= 0.3 is 0 Å². The van der Waals surface area contributed by atoms with Gasteiger partial charge < -0.3 is 19.7 Å². The lowest BCUT2D eigenvalue weighted by Gasteiger charge is -2.31. The van der Waals surface area contributed by atoms with Gasteiger partial charge in [0.2, 0.25) is 5.91 Å². The summed E-state index contributed by atoms with van der Waals surface area (Å²) in [6, 6.07) is 0.380. The number of nitrogens with zero attached hydrogens (tertiary/aromatic N) is 1. The van der Waals surface area contributed by atoms with Crippen molar-refractivity contribution < 1.29 is 14.3 Å². The number of ether oxygens (including phenoxy) is 2. The van der Waals surface area contributed by atoms with E-state index in [0.29, 0.717) is 12.6 Å². The van der Waals surface area contributed by atoms with Gasteiger partial charge in [0, 0.05) is 32.3 Å². The molecule has 0 radical (unpaired) electrons. The summed E-state index contributed by atoms with van der Waals surface area (Å²) >= 11 is 0. The maximum atomic E-state index is 11.8. The van der Waals surface area contributed by atoms with Crippen molar-refractivity contribution in [3.05, 3.63) is 0 Å². The van der Waals surface area contributed by atoms with Gasteiger partial charge in [-0.25, -0.2) is 0 Å². The number of hydrogen-bond acceptors (Lipinski definition) is 4. The highest BCUT2D eigenvalue weighted by Gasteiger charge is 2.21. The molecule has 2 atom stereocenters. The SMILES string of the molecule is CC1CN(C(=O)COCC2CCCO2)CCN1. The minimum absolute atomic E-state index is 0.0938. The van der Waals surface area contributed by atoms with Gasteiger partial charge in [-0.3, -0.25) is 4.79 Å². The highest BCUT2D eigenvalue weighted by molar-refractivity contribution is 5.77. The first-order chi connectivity index (χ1) is 8.25. The van der Waals surface area contributed by atoms with Crippen LogP contribution in [0.15, 0.2) is 0 Å². The zero-order valence-corrected chi connectivity index (χ0v) is 10.5. The lowest BCUT2D eigenvalue weighted by atomic mass is 10.2. The van der Waals surface area contributed by atoms with E-state index in [0.717, 1.165) is 39.1 Å². The molecule has 2 rings (SSSR count). The van der Waals surface area contributed by atoms with Crippen molar-refractivity contribution in [1.29, 1.82) is 0 Å². The monoisotopic (exact) mass is 242 g/mol. The van der Waals surface area contributed by atoms with Crippen molar-refractivity contribution in [2.75, 3.05) is 39.5 Å². The molecule has 2 aliphatic heterocycles. The molecule has 0 aromatic carbocycles. The fraction of sp³-hybridized carbons (Fsp3) is 0.917. The quantitative estimate of drug-likeness (QED) is 0.754. The molecule has 0 bridgehead atoms. The molecule has 2 unspecified atom stereocenters. The van der Waals surface area contributed by atoms with E-state index in [1.807, 2.05) is 4.90 Å². The van der Waals surface area contributed by atoms with Gasteiger partial charge in [0.1, 0.15) is 6.61 Å². The summed E-state index contributed by atoms with van der Waals surface area (Å²) in [5.41, 5.74) is 0. The van der Waals surface area contributed by atoms with Crippen molar-refractivity contribution in [1.82, 2.24) is 10.2 Å².